The number of likely N-dealkylation sites (tertiary alicyclic amines) is 1. The number of rotatable bonds is 6. The zero-order valence-corrected chi connectivity index (χ0v) is 18.2. The quantitative estimate of drug-likeness (QED) is 0.439. The Hall–Kier alpha value is -3.32. The molecule has 0 amide bonds. The van der Waals surface area contributed by atoms with E-state index in [4.69, 9.17) is 5.73 Å². The normalized spacial score (nSPS) is 16.6. The van der Waals surface area contributed by atoms with Crippen LogP contribution in [0.2, 0.25) is 0 Å². The van der Waals surface area contributed by atoms with Crippen LogP contribution in [-0.4, -0.2) is 55.6 Å². The maximum atomic E-state index is 9.57. The molecule has 0 radical (unpaired) electrons. The monoisotopic (exact) mass is 445 g/mol. The van der Waals surface area contributed by atoms with Crippen LogP contribution >= 0.6 is 11.8 Å². The molecule has 4 heterocycles. The van der Waals surface area contributed by atoms with E-state index in [0.29, 0.717) is 23.8 Å². The van der Waals surface area contributed by atoms with Crippen LogP contribution in [0.15, 0.2) is 64.9 Å². The van der Waals surface area contributed by atoms with Gasteiger partial charge < -0.3 is 10.8 Å². The average Bonchev–Trinajstić information content (AvgIpc) is 3.54. The van der Waals surface area contributed by atoms with Crippen LogP contribution in [0.1, 0.15) is 18.0 Å². The predicted octanol–water partition coefficient (Wildman–Crippen LogP) is 3.04. The molecule has 1 aliphatic heterocycles. The maximum Gasteiger partial charge on any atom is 0.103 e. The third-order valence-electron chi connectivity index (χ3n) is 5.81. The third-order valence-corrected chi connectivity index (χ3v) is 6.93. The highest BCUT2D eigenvalue weighted by Crippen LogP contribution is 2.38. The number of β-amino-alcohol motifs (C(OH)–C–C–N with tert-alkyl or cyclic N) is 1. The fraction of sp³-hybridized carbons (Fsp3) is 0.261. The Morgan fingerprint density at radius 1 is 1.16 bits per heavy atom. The second kappa shape index (κ2) is 8.67. The fourth-order valence-electron chi connectivity index (χ4n) is 4.15. The molecule has 3 aromatic heterocycles. The van der Waals surface area contributed by atoms with Crippen LogP contribution in [0.3, 0.4) is 0 Å². The van der Waals surface area contributed by atoms with E-state index in [1.54, 1.807) is 10.7 Å². The molecular formula is C23H23N7OS. The van der Waals surface area contributed by atoms with Crippen molar-refractivity contribution in [2.45, 2.75) is 22.3 Å². The Labute approximate surface area is 189 Å². The van der Waals surface area contributed by atoms with Crippen LogP contribution in [-0.2, 0) is 0 Å². The number of nitrogen functional groups attached to an aromatic ring is 1. The number of benzene rings is 1. The number of para-hydroxylation sites is 1. The summed E-state index contributed by atoms with van der Waals surface area (Å²) in [6.45, 7) is 2.73. The van der Waals surface area contributed by atoms with E-state index < -0.39 is 0 Å². The molecule has 1 fully saturated rings. The SMILES string of the molecule is N#Cc1cnn2cc(-c3cnn([C@@H]4CCN(CCO)C4)c3)cc(Sc3ccccc3N)c12. The van der Waals surface area contributed by atoms with E-state index >= 15 is 0 Å². The minimum Gasteiger partial charge on any atom is -0.398 e. The van der Waals surface area contributed by atoms with Crippen LogP contribution in [0.4, 0.5) is 5.69 Å². The van der Waals surface area contributed by atoms with Crippen molar-refractivity contribution in [3.8, 4) is 17.2 Å². The lowest BCUT2D eigenvalue weighted by atomic mass is 10.1. The summed E-state index contributed by atoms with van der Waals surface area (Å²) in [5.41, 5.74) is 10.1. The van der Waals surface area contributed by atoms with Gasteiger partial charge in [0.25, 0.3) is 0 Å². The summed E-state index contributed by atoms with van der Waals surface area (Å²) in [7, 11) is 0. The Balaban J connectivity index is 1.51. The van der Waals surface area contributed by atoms with Crippen molar-refractivity contribution >= 4 is 23.0 Å². The minimum atomic E-state index is 0.179. The number of pyridine rings is 1. The first-order chi connectivity index (χ1) is 15.7. The lowest BCUT2D eigenvalue weighted by molar-refractivity contribution is 0.216. The molecule has 4 aromatic rings. The fourth-order valence-corrected chi connectivity index (χ4v) is 5.21. The van der Waals surface area contributed by atoms with E-state index in [0.717, 1.165) is 45.9 Å². The number of aliphatic hydroxyl groups excluding tert-OH is 1. The first-order valence-electron chi connectivity index (χ1n) is 10.5. The third kappa shape index (κ3) is 3.84. The standard InChI is InChI=1S/C23H23N7OS/c24-10-17-11-27-30-13-16(9-22(23(17)30)32-21-4-2-1-3-20(21)25)18-12-26-29(14-18)19-5-6-28(15-19)7-8-31/h1-4,9,11-14,19,31H,5-8,15,25H2/t19-/m1/s1. The molecule has 0 bridgehead atoms. The van der Waals surface area contributed by atoms with Gasteiger partial charge in [0.1, 0.15) is 6.07 Å². The number of nitriles is 1. The second-order valence-corrected chi connectivity index (χ2v) is 8.96. The number of hydrogen-bond acceptors (Lipinski definition) is 7. The van der Waals surface area contributed by atoms with Crippen molar-refractivity contribution in [2.24, 2.45) is 0 Å². The Kier molecular flexibility index (Phi) is 5.57. The van der Waals surface area contributed by atoms with Crippen molar-refractivity contribution in [2.75, 3.05) is 32.0 Å². The molecule has 0 saturated carbocycles. The van der Waals surface area contributed by atoms with Crippen molar-refractivity contribution in [1.82, 2.24) is 24.3 Å². The molecular weight excluding hydrogens is 422 g/mol. The number of hydrogen-bond donors (Lipinski definition) is 2. The Bertz CT molecular complexity index is 1310. The van der Waals surface area contributed by atoms with Gasteiger partial charge in [0, 0.05) is 58.6 Å². The van der Waals surface area contributed by atoms with Gasteiger partial charge >= 0.3 is 0 Å². The summed E-state index contributed by atoms with van der Waals surface area (Å²) < 4.78 is 3.77. The molecule has 1 atom stereocenters. The largest absolute Gasteiger partial charge is 0.398 e. The van der Waals surface area contributed by atoms with Crippen LogP contribution in [0.25, 0.3) is 16.6 Å². The van der Waals surface area contributed by atoms with E-state index in [9.17, 15) is 10.4 Å². The Morgan fingerprint density at radius 2 is 2.03 bits per heavy atom. The van der Waals surface area contributed by atoms with Crippen LogP contribution in [0.5, 0.6) is 0 Å². The number of fused-ring (bicyclic) bond motifs is 1. The minimum absolute atomic E-state index is 0.179. The highest BCUT2D eigenvalue weighted by Gasteiger charge is 2.24. The van der Waals surface area contributed by atoms with Crippen molar-refractivity contribution < 1.29 is 5.11 Å². The van der Waals surface area contributed by atoms with Gasteiger partial charge in [-0.25, -0.2) is 4.52 Å². The molecule has 5 rings (SSSR count). The highest BCUT2D eigenvalue weighted by atomic mass is 32.2. The molecule has 1 aliphatic rings. The molecule has 1 saturated heterocycles. The zero-order valence-electron chi connectivity index (χ0n) is 17.4. The predicted molar refractivity (Wildman–Crippen MR) is 123 cm³/mol. The summed E-state index contributed by atoms with van der Waals surface area (Å²) in [6, 6.07) is 12.3. The topological polar surface area (TPSA) is 108 Å². The van der Waals surface area contributed by atoms with Crippen molar-refractivity contribution in [1.29, 1.82) is 5.26 Å². The lowest BCUT2D eigenvalue weighted by Crippen LogP contribution is -2.24. The van der Waals surface area contributed by atoms with Gasteiger partial charge in [-0.15, -0.1) is 0 Å². The first kappa shape index (κ1) is 20.6. The van der Waals surface area contributed by atoms with Crippen LogP contribution < -0.4 is 5.73 Å². The van der Waals surface area contributed by atoms with Crippen molar-refractivity contribution in [3.63, 3.8) is 0 Å². The van der Waals surface area contributed by atoms with Gasteiger partial charge in [0.2, 0.25) is 0 Å². The second-order valence-electron chi connectivity index (χ2n) is 7.87. The molecule has 3 N–H and O–H groups in total. The molecule has 8 nitrogen and oxygen atoms in total. The number of aliphatic hydroxyl groups is 1. The maximum absolute atomic E-state index is 9.57. The summed E-state index contributed by atoms with van der Waals surface area (Å²) in [5, 5.41) is 27.8. The van der Waals surface area contributed by atoms with E-state index in [2.05, 4.69) is 33.4 Å². The summed E-state index contributed by atoms with van der Waals surface area (Å²) in [6.07, 6.45) is 8.47. The highest BCUT2D eigenvalue weighted by molar-refractivity contribution is 7.99. The Morgan fingerprint density at radius 3 is 2.84 bits per heavy atom. The molecule has 1 aromatic carbocycles. The molecule has 0 unspecified atom stereocenters. The van der Waals surface area contributed by atoms with E-state index in [1.807, 2.05) is 41.3 Å². The van der Waals surface area contributed by atoms with Gasteiger partial charge in [-0.05, 0) is 24.6 Å². The zero-order chi connectivity index (χ0) is 22.1. The smallest absolute Gasteiger partial charge is 0.103 e. The summed E-state index contributed by atoms with van der Waals surface area (Å²) in [5.74, 6) is 0. The molecule has 162 valence electrons. The van der Waals surface area contributed by atoms with Gasteiger partial charge in [-0.2, -0.15) is 15.5 Å². The van der Waals surface area contributed by atoms with Gasteiger partial charge in [-0.1, -0.05) is 23.9 Å². The summed E-state index contributed by atoms with van der Waals surface area (Å²) in [4.78, 5) is 4.10. The molecule has 9 heteroatoms. The number of anilines is 1. The average molecular weight is 446 g/mol. The first-order valence-corrected chi connectivity index (χ1v) is 11.3. The van der Waals surface area contributed by atoms with E-state index in [-0.39, 0.29) is 6.61 Å². The van der Waals surface area contributed by atoms with Crippen molar-refractivity contribution in [3.05, 3.63) is 60.7 Å². The molecule has 0 spiro atoms. The van der Waals surface area contributed by atoms with Gasteiger partial charge in [0.05, 0.1) is 36.1 Å². The number of aromatic nitrogens is 4. The van der Waals surface area contributed by atoms with Crippen LogP contribution in [0, 0.1) is 11.3 Å². The number of nitrogens with two attached hydrogens (primary N) is 1. The van der Waals surface area contributed by atoms with Gasteiger partial charge in [0.15, 0.2) is 0 Å². The summed E-state index contributed by atoms with van der Waals surface area (Å²) >= 11 is 1.53. The van der Waals surface area contributed by atoms with E-state index in [1.165, 1.54) is 11.8 Å². The lowest BCUT2D eigenvalue weighted by Gasteiger charge is -2.14. The van der Waals surface area contributed by atoms with Gasteiger partial charge in [-0.3, -0.25) is 9.58 Å². The number of nitrogens with zero attached hydrogens (tertiary/aromatic N) is 6. The molecule has 32 heavy (non-hydrogen) atoms. The molecule has 0 aliphatic carbocycles.